The van der Waals surface area contributed by atoms with Crippen LogP contribution in [0.15, 0.2) is 42.9 Å². The fraction of sp³-hybridized carbons (Fsp3) is 0.188. The van der Waals surface area contributed by atoms with Crippen molar-refractivity contribution in [3.05, 3.63) is 53.4 Å². The van der Waals surface area contributed by atoms with Gasteiger partial charge < -0.3 is 20.3 Å². The van der Waals surface area contributed by atoms with Gasteiger partial charge in [-0.3, -0.25) is 4.79 Å². The number of halogens is 1. The Hall–Kier alpha value is -2.68. The molecule has 3 aromatic rings. The lowest BCUT2D eigenvalue weighted by Crippen LogP contribution is -2.22. The number of benzene rings is 1. The molecule has 2 aromatic heterocycles. The molecule has 3 N–H and O–H groups in total. The Bertz CT molecular complexity index is 899. The van der Waals surface area contributed by atoms with Crippen LogP contribution in [-0.2, 0) is 0 Å². The second kappa shape index (κ2) is 7.47. The quantitative estimate of drug-likeness (QED) is 0.611. The lowest BCUT2D eigenvalue weighted by atomic mass is 10.2. The number of carbonyl (C=O) groups excluding carboxylic acids is 1. The van der Waals surface area contributed by atoms with E-state index in [2.05, 4.69) is 15.4 Å². The van der Waals surface area contributed by atoms with E-state index in [1.54, 1.807) is 30.6 Å². The number of hydrogen-bond donors (Lipinski definition) is 3. The molecule has 1 aromatic carbocycles. The van der Waals surface area contributed by atoms with E-state index in [4.69, 9.17) is 21.4 Å². The maximum Gasteiger partial charge on any atom is 0.261 e. The summed E-state index contributed by atoms with van der Waals surface area (Å²) in [5.41, 5.74) is 1.04. The van der Waals surface area contributed by atoms with E-state index in [0.29, 0.717) is 27.7 Å². The number of aromatic nitrogens is 3. The van der Waals surface area contributed by atoms with Crippen LogP contribution in [0.3, 0.4) is 0 Å². The predicted molar refractivity (Wildman–Crippen MR) is 91.0 cm³/mol. The molecule has 0 unspecified atom stereocenters. The highest BCUT2D eigenvalue weighted by Gasteiger charge is 2.16. The van der Waals surface area contributed by atoms with Crippen molar-refractivity contribution in [2.45, 2.75) is 6.10 Å². The van der Waals surface area contributed by atoms with Gasteiger partial charge >= 0.3 is 0 Å². The van der Waals surface area contributed by atoms with E-state index in [-0.39, 0.29) is 6.61 Å². The molecular weight excluding hydrogens is 348 g/mol. The van der Waals surface area contributed by atoms with Gasteiger partial charge in [-0.25, -0.2) is 9.50 Å². The number of carbonyl (C=O) groups is 1. The molecule has 25 heavy (non-hydrogen) atoms. The van der Waals surface area contributed by atoms with Crippen LogP contribution in [0.1, 0.15) is 10.4 Å². The molecule has 0 aliphatic rings. The average molecular weight is 363 g/mol. The van der Waals surface area contributed by atoms with Crippen LogP contribution in [-0.4, -0.2) is 50.0 Å². The molecule has 0 radical (unpaired) electrons. The van der Waals surface area contributed by atoms with Crippen LogP contribution in [0.25, 0.3) is 5.65 Å². The van der Waals surface area contributed by atoms with Crippen LogP contribution in [0.2, 0.25) is 5.02 Å². The molecule has 0 aliphatic carbocycles. The number of aliphatic hydroxyl groups is 2. The molecule has 3 rings (SSSR count). The lowest BCUT2D eigenvalue weighted by molar-refractivity contribution is 0.0538. The first kappa shape index (κ1) is 17.2. The average Bonchev–Trinajstić information content (AvgIpc) is 3.05. The highest BCUT2D eigenvalue weighted by Crippen LogP contribution is 2.29. The number of fused-ring (bicyclic) bond motifs is 1. The second-order valence-corrected chi connectivity index (χ2v) is 5.62. The topological polar surface area (TPSA) is 109 Å². The Labute approximate surface area is 147 Å². The minimum Gasteiger partial charge on any atom is -0.489 e. The molecule has 9 heteroatoms. The Morgan fingerprint density at radius 2 is 2.28 bits per heavy atom. The third-order valence-corrected chi connectivity index (χ3v) is 3.59. The Balaban J connectivity index is 1.84. The fourth-order valence-electron chi connectivity index (χ4n) is 2.14. The van der Waals surface area contributed by atoms with Gasteiger partial charge in [-0.2, -0.15) is 5.10 Å². The maximum absolute atomic E-state index is 12.6. The van der Waals surface area contributed by atoms with Crippen LogP contribution >= 0.6 is 11.6 Å². The zero-order chi connectivity index (χ0) is 17.8. The van der Waals surface area contributed by atoms with Crippen molar-refractivity contribution in [3.63, 3.8) is 0 Å². The molecule has 1 atom stereocenters. The van der Waals surface area contributed by atoms with Gasteiger partial charge in [0.2, 0.25) is 0 Å². The molecule has 0 saturated heterocycles. The van der Waals surface area contributed by atoms with Gasteiger partial charge in [-0.15, -0.1) is 0 Å². The normalized spacial score (nSPS) is 12.1. The minimum absolute atomic E-state index is 0.126. The van der Waals surface area contributed by atoms with Crippen LogP contribution < -0.4 is 10.1 Å². The van der Waals surface area contributed by atoms with Gasteiger partial charge in [-0.1, -0.05) is 11.6 Å². The van der Waals surface area contributed by atoms with Crippen molar-refractivity contribution in [3.8, 4) is 5.75 Å². The third kappa shape index (κ3) is 3.87. The molecule has 0 saturated carbocycles. The van der Waals surface area contributed by atoms with Crippen LogP contribution in [0.4, 0.5) is 5.69 Å². The van der Waals surface area contributed by atoms with E-state index in [1.807, 2.05) is 0 Å². The minimum atomic E-state index is -1.02. The highest BCUT2D eigenvalue weighted by atomic mass is 35.5. The van der Waals surface area contributed by atoms with E-state index in [0.717, 1.165) is 0 Å². The summed E-state index contributed by atoms with van der Waals surface area (Å²) < 4.78 is 6.92. The highest BCUT2D eigenvalue weighted by molar-refractivity contribution is 6.31. The molecular formula is C16H15ClN4O4. The fourth-order valence-corrected chi connectivity index (χ4v) is 2.31. The first-order valence-electron chi connectivity index (χ1n) is 7.39. The summed E-state index contributed by atoms with van der Waals surface area (Å²) in [6.07, 6.45) is 3.64. The zero-order valence-electron chi connectivity index (χ0n) is 13.0. The Kier molecular flexibility index (Phi) is 5.13. The third-order valence-electron chi connectivity index (χ3n) is 3.36. The van der Waals surface area contributed by atoms with Crippen molar-refractivity contribution in [1.82, 2.24) is 14.6 Å². The number of rotatable bonds is 6. The van der Waals surface area contributed by atoms with E-state index in [1.165, 1.54) is 16.8 Å². The standard InChI is InChI=1S/C16H15ClN4O4/c17-10-2-3-14(25-9-11(23)8-22)13(6-10)20-16(24)12-7-19-21-5-1-4-18-15(12)21/h1-7,11,22-23H,8-9H2,(H,20,24)/t11-/m0/s1. The predicted octanol–water partition coefficient (Wildman–Crippen LogP) is 1.37. The van der Waals surface area contributed by atoms with E-state index < -0.39 is 18.6 Å². The molecule has 130 valence electrons. The lowest BCUT2D eigenvalue weighted by Gasteiger charge is -2.14. The summed E-state index contributed by atoms with van der Waals surface area (Å²) in [6, 6.07) is 6.39. The second-order valence-electron chi connectivity index (χ2n) is 5.19. The summed E-state index contributed by atoms with van der Waals surface area (Å²) in [7, 11) is 0. The number of nitrogens with one attached hydrogen (secondary N) is 1. The van der Waals surface area contributed by atoms with E-state index >= 15 is 0 Å². The SMILES string of the molecule is O=C(Nc1cc(Cl)ccc1OC[C@@H](O)CO)c1cnn2cccnc12. The van der Waals surface area contributed by atoms with Crippen LogP contribution in [0, 0.1) is 0 Å². The first-order valence-corrected chi connectivity index (χ1v) is 7.77. The summed E-state index contributed by atoms with van der Waals surface area (Å²) >= 11 is 5.99. The van der Waals surface area contributed by atoms with Gasteiger partial charge in [-0.05, 0) is 24.3 Å². The molecule has 0 spiro atoms. The summed E-state index contributed by atoms with van der Waals surface area (Å²) in [5.74, 6) is -0.113. The summed E-state index contributed by atoms with van der Waals surface area (Å²) in [6.45, 7) is -0.553. The Morgan fingerprint density at radius 3 is 3.08 bits per heavy atom. The number of ether oxygens (including phenoxy) is 1. The number of aliphatic hydroxyl groups excluding tert-OH is 2. The first-order chi connectivity index (χ1) is 12.1. The van der Waals surface area contributed by atoms with Gasteiger partial charge in [0, 0.05) is 17.4 Å². The molecule has 8 nitrogen and oxygen atoms in total. The molecule has 0 bridgehead atoms. The van der Waals surface area contributed by atoms with Crippen molar-refractivity contribution >= 4 is 28.8 Å². The Morgan fingerprint density at radius 1 is 1.44 bits per heavy atom. The number of anilines is 1. The molecule has 0 aliphatic heterocycles. The molecule has 0 fully saturated rings. The van der Waals surface area contributed by atoms with Crippen molar-refractivity contribution in [2.24, 2.45) is 0 Å². The maximum atomic E-state index is 12.6. The van der Waals surface area contributed by atoms with Crippen molar-refractivity contribution < 1.29 is 19.7 Å². The number of hydrogen-bond acceptors (Lipinski definition) is 6. The largest absolute Gasteiger partial charge is 0.489 e. The number of amides is 1. The van der Waals surface area contributed by atoms with Gasteiger partial charge in [0.25, 0.3) is 5.91 Å². The smallest absolute Gasteiger partial charge is 0.261 e. The van der Waals surface area contributed by atoms with Gasteiger partial charge in [0.05, 0.1) is 18.5 Å². The molecule has 2 heterocycles. The van der Waals surface area contributed by atoms with Crippen molar-refractivity contribution in [1.29, 1.82) is 0 Å². The summed E-state index contributed by atoms with van der Waals surface area (Å²) in [4.78, 5) is 16.7. The summed E-state index contributed by atoms with van der Waals surface area (Å²) in [5, 5.41) is 25.4. The van der Waals surface area contributed by atoms with Crippen molar-refractivity contribution in [2.75, 3.05) is 18.5 Å². The zero-order valence-corrected chi connectivity index (χ0v) is 13.7. The van der Waals surface area contributed by atoms with Gasteiger partial charge in [0.15, 0.2) is 5.65 Å². The molecule has 1 amide bonds. The van der Waals surface area contributed by atoms with Gasteiger partial charge in [0.1, 0.15) is 24.0 Å². The number of nitrogens with zero attached hydrogens (tertiary/aromatic N) is 3. The monoisotopic (exact) mass is 362 g/mol. The van der Waals surface area contributed by atoms with Crippen LogP contribution in [0.5, 0.6) is 5.75 Å². The van der Waals surface area contributed by atoms with E-state index in [9.17, 15) is 9.90 Å².